The standard InChI is InChI=1S/C31H30N2O2/c34-30-25(14-7-17-28(30)23-10-3-1-4-11-23)20-32-21-27-16-9-19-33(27)22-26-15-8-18-29(31(26)35)24-12-5-2-6-13-24/h1-8,10-15,17-18,20,27,34-35H,9,16,19,21-22H2. The Bertz CT molecular complexity index is 1300. The Labute approximate surface area is 206 Å². The normalized spacial score (nSPS) is 16.2. The molecule has 1 heterocycles. The molecule has 4 heteroatoms. The van der Waals surface area contributed by atoms with Gasteiger partial charge in [-0.3, -0.25) is 9.89 Å². The molecule has 1 aliphatic rings. The highest BCUT2D eigenvalue weighted by Crippen LogP contribution is 2.34. The van der Waals surface area contributed by atoms with Crippen molar-refractivity contribution in [2.45, 2.75) is 25.4 Å². The Hall–Kier alpha value is -3.89. The zero-order valence-electron chi connectivity index (χ0n) is 19.7. The van der Waals surface area contributed by atoms with E-state index < -0.39 is 0 Å². The van der Waals surface area contributed by atoms with E-state index in [0.29, 0.717) is 24.9 Å². The van der Waals surface area contributed by atoms with E-state index in [4.69, 9.17) is 4.99 Å². The summed E-state index contributed by atoms with van der Waals surface area (Å²) in [6.45, 7) is 2.35. The van der Waals surface area contributed by atoms with Crippen LogP contribution in [0.15, 0.2) is 102 Å². The fraction of sp³-hybridized carbons (Fsp3) is 0.194. The molecule has 4 aromatic carbocycles. The van der Waals surface area contributed by atoms with E-state index in [1.165, 1.54) is 0 Å². The van der Waals surface area contributed by atoms with Gasteiger partial charge in [-0.15, -0.1) is 0 Å². The molecule has 0 bridgehead atoms. The van der Waals surface area contributed by atoms with Crippen LogP contribution in [0, 0.1) is 0 Å². The van der Waals surface area contributed by atoms with Gasteiger partial charge in [0.25, 0.3) is 0 Å². The quantitative estimate of drug-likeness (QED) is 0.308. The molecule has 0 amide bonds. The minimum atomic E-state index is 0.258. The predicted octanol–water partition coefficient (Wildman–Crippen LogP) is 6.52. The number of phenolic OH excluding ortho intramolecular Hbond substituents is 2. The number of likely N-dealkylation sites (tertiary alicyclic amines) is 1. The number of rotatable bonds is 7. The lowest BCUT2D eigenvalue weighted by Gasteiger charge is -2.24. The Morgan fingerprint density at radius 1 is 0.743 bits per heavy atom. The second kappa shape index (κ2) is 10.6. The highest BCUT2D eigenvalue weighted by Gasteiger charge is 2.25. The maximum atomic E-state index is 11.0. The summed E-state index contributed by atoms with van der Waals surface area (Å²) < 4.78 is 0. The van der Waals surface area contributed by atoms with Crippen molar-refractivity contribution in [2.75, 3.05) is 13.1 Å². The van der Waals surface area contributed by atoms with Crippen molar-refractivity contribution in [3.05, 3.63) is 108 Å². The number of hydrogen-bond acceptors (Lipinski definition) is 4. The van der Waals surface area contributed by atoms with Gasteiger partial charge in [-0.2, -0.15) is 0 Å². The lowest BCUT2D eigenvalue weighted by atomic mass is 10.0. The van der Waals surface area contributed by atoms with E-state index in [0.717, 1.165) is 52.8 Å². The fourth-order valence-corrected chi connectivity index (χ4v) is 4.89. The van der Waals surface area contributed by atoms with Gasteiger partial charge in [0.15, 0.2) is 0 Å². The van der Waals surface area contributed by atoms with Gasteiger partial charge in [-0.25, -0.2) is 0 Å². The summed E-state index contributed by atoms with van der Waals surface area (Å²) in [5, 5.41) is 21.8. The van der Waals surface area contributed by atoms with Crippen molar-refractivity contribution in [1.29, 1.82) is 0 Å². The van der Waals surface area contributed by atoms with Crippen LogP contribution < -0.4 is 0 Å². The van der Waals surface area contributed by atoms with Crippen molar-refractivity contribution >= 4 is 6.21 Å². The molecule has 1 saturated heterocycles. The first-order chi connectivity index (χ1) is 17.2. The van der Waals surface area contributed by atoms with Gasteiger partial charge in [0.05, 0.1) is 6.54 Å². The first-order valence-electron chi connectivity index (χ1n) is 12.2. The molecule has 35 heavy (non-hydrogen) atoms. The van der Waals surface area contributed by atoms with Gasteiger partial charge in [-0.1, -0.05) is 91.0 Å². The van der Waals surface area contributed by atoms with Crippen molar-refractivity contribution in [2.24, 2.45) is 4.99 Å². The van der Waals surface area contributed by atoms with E-state index in [2.05, 4.69) is 4.90 Å². The van der Waals surface area contributed by atoms with Crippen LogP contribution in [0.2, 0.25) is 0 Å². The molecule has 1 unspecified atom stereocenters. The van der Waals surface area contributed by atoms with Gasteiger partial charge >= 0.3 is 0 Å². The van der Waals surface area contributed by atoms with Crippen LogP contribution in [-0.4, -0.2) is 40.5 Å². The monoisotopic (exact) mass is 462 g/mol. The van der Waals surface area contributed by atoms with Crippen molar-refractivity contribution in [3.63, 3.8) is 0 Å². The van der Waals surface area contributed by atoms with Crippen LogP contribution >= 0.6 is 0 Å². The summed E-state index contributed by atoms with van der Waals surface area (Å²) in [5.74, 6) is 0.615. The van der Waals surface area contributed by atoms with Crippen LogP contribution in [0.25, 0.3) is 22.3 Å². The first-order valence-corrected chi connectivity index (χ1v) is 12.2. The van der Waals surface area contributed by atoms with Crippen LogP contribution in [0.1, 0.15) is 24.0 Å². The van der Waals surface area contributed by atoms with Gasteiger partial charge in [0.2, 0.25) is 0 Å². The SMILES string of the molecule is Oc1c(C=NCC2CCCN2Cc2cccc(-c3ccccc3)c2O)cccc1-c1ccccc1. The topological polar surface area (TPSA) is 56.1 Å². The maximum Gasteiger partial charge on any atom is 0.132 e. The Balaban J connectivity index is 1.28. The summed E-state index contributed by atoms with van der Waals surface area (Å²) in [6.07, 6.45) is 3.98. The van der Waals surface area contributed by atoms with Crippen LogP contribution in [0.4, 0.5) is 0 Å². The third-order valence-electron chi connectivity index (χ3n) is 6.78. The van der Waals surface area contributed by atoms with Crippen LogP contribution in [0.5, 0.6) is 11.5 Å². The molecule has 1 atom stereocenters. The van der Waals surface area contributed by atoms with E-state index in [1.807, 2.05) is 97.1 Å². The zero-order chi connectivity index (χ0) is 24.0. The Morgan fingerprint density at radius 3 is 2.06 bits per heavy atom. The molecule has 2 N–H and O–H groups in total. The van der Waals surface area contributed by atoms with Gasteiger partial charge in [0.1, 0.15) is 11.5 Å². The number of nitrogens with zero attached hydrogens (tertiary/aromatic N) is 2. The van der Waals surface area contributed by atoms with E-state index in [9.17, 15) is 10.2 Å². The molecule has 5 rings (SSSR count). The minimum Gasteiger partial charge on any atom is -0.507 e. The summed E-state index contributed by atoms with van der Waals surface area (Å²) in [5.41, 5.74) is 5.35. The van der Waals surface area contributed by atoms with E-state index in [1.54, 1.807) is 6.21 Å². The van der Waals surface area contributed by atoms with Crippen molar-refractivity contribution < 1.29 is 10.2 Å². The summed E-state index contributed by atoms with van der Waals surface area (Å²) in [7, 11) is 0. The summed E-state index contributed by atoms with van der Waals surface area (Å²) in [6, 6.07) is 32.0. The number of aliphatic imine (C=N–C) groups is 1. The van der Waals surface area contributed by atoms with Gasteiger partial charge in [-0.05, 0) is 36.6 Å². The van der Waals surface area contributed by atoms with Gasteiger partial charge < -0.3 is 10.2 Å². The molecule has 1 fully saturated rings. The smallest absolute Gasteiger partial charge is 0.132 e. The number of hydrogen-bond donors (Lipinski definition) is 2. The molecule has 0 radical (unpaired) electrons. The summed E-state index contributed by atoms with van der Waals surface area (Å²) >= 11 is 0. The predicted molar refractivity (Wildman–Crippen MR) is 143 cm³/mol. The molecular weight excluding hydrogens is 432 g/mol. The van der Waals surface area contributed by atoms with Crippen molar-refractivity contribution in [1.82, 2.24) is 4.90 Å². The molecular formula is C31H30N2O2. The number of aromatic hydroxyl groups is 2. The fourth-order valence-electron chi connectivity index (χ4n) is 4.89. The highest BCUT2D eigenvalue weighted by molar-refractivity contribution is 5.88. The molecule has 4 aromatic rings. The Kier molecular flexibility index (Phi) is 6.92. The molecule has 0 spiro atoms. The minimum absolute atomic E-state index is 0.258. The van der Waals surface area contributed by atoms with Crippen LogP contribution in [-0.2, 0) is 6.54 Å². The van der Waals surface area contributed by atoms with Gasteiger partial charge in [0, 0.05) is 41.1 Å². The third-order valence-corrected chi connectivity index (χ3v) is 6.78. The number of benzene rings is 4. The first kappa shape index (κ1) is 22.9. The number of phenols is 2. The molecule has 4 nitrogen and oxygen atoms in total. The average molecular weight is 463 g/mol. The second-order valence-electron chi connectivity index (χ2n) is 9.05. The van der Waals surface area contributed by atoms with Crippen molar-refractivity contribution in [3.8, 4) is 33.8 Å². The Morgan fingerprint density at radius 2 is 1.37 bits per heavy atom. The molecule has 0 aromatic heterocycles. The lowest BCUT2D eigenvalue weighted by Crippen LogP contribution is -2.31. The average Bonchev–Trinajstić information content (AvgIpc) is 3.34. The summed E-state index contributed by atoms with van der Waals surface area (Å²) in [4.78, 5) is 7.11. The van der Waals surface area contributed by atoms with E-state index in [-0.39, 0.29) is 5.75 Å². The van der Waals surface area contributed by atoms with Crippen LogP contribution in [0.3, 0.4) is 0 Å². The largest absolute Gasteiger partial charge is 0.507 e. The molecule has 176 valence electrons. The van der Waals surface area contributed by atoms with E-state index >= 15 is 0 Å². The highest BCUT2D eigenvalue weighted by atomic mass is 16.3. The molecule has 1 aliphatic heterocycles. The number of para-hydroxylation sites is 2. The third kappa shape index (κ3) is 5.13. The molecule has 0 saturated carbocycles. The second-order valence-corrected chi connectivity index (χ2v) is 9.05. The molecule has 0 aliphatic carbocycles. The maximum absolute atomic E-state index is 11.0. The zero-order valence-corrected chi connectivity index (χ0v) is 19.7. The lowest BCUT2D eigenvalue weighted by molar-refractivity contribution is 0.247.